The third-order valence-electron chi connectivity index (χ3n) is 7.94. The van der Waals surface area contributed by atoms with Gasteiger partial charge in [0.05, 0.1) is 49.5 Å². The maximum absolute atomic E-state index is 12.2. The molecule has 1 fully saturated rings. The number of nitrogens with zero attached hydrogens (tertiary/aromatic N) is 3. The van der Waals surface area contributed by atoms with Crippen molar-refractivity contribution < 1.29 is 19.0 Å². The van der Waals surface area contributed by atoms with Gasteiger partial charge in [-0.25, -0.2) is 9.78 Å². The summed E-state index contributed by atoms with van der Waals surface area (Å²) in [6.45, 7) is 4.81. The minimum absolute atomic E-state index is 0.185. The van der Waals surface area contributed by atoms with Crippen molar-refractivity contribution in [2.24, 2.45) is 0 Å². The van der Waals surface area contributed by atoms with Crippen LogP contribution < -0.4 is 4.74 Å². The van der Waals surface area contributed by atoms with E-state index in [2.05, 4.69) is 27.7 Å². The Hall–Kier alpha value is -3.39. The van der Waals surface area contributed by atoms with Crippen molar-refractivity contribution in [3.05, 3.63) is 93.8 Å². The van der Waals surface area contributed by atoms with E-state index in [1.54, 1.807) is 6.07 Å². The Labute approximate surface area is 239 Å². The molecule has 0 aliphatic carbocycles. The van der Waals surface area contributed by atoms with Crippen LogP contribution in [0.15, 0.2) is 60.7 Å². The lowest BCUT2D eigenvalue weighted by Gasteiger charge is -2.28. The highest BCUT2D eigenvalue weighted by atomic mass is 35.5. The molecule has 0 spiro atoms. The Morgan fingerprint density at radius 2 is 1.85 bits per heavy atom. The van der Waals surface area contributed by atoms with Gasteiger partial charge in [0.2, 0.25) is 0 Å². The number of halogens is 1. The summed E-state index contributed by atoms with van der Waals surface area (Å²) in [6, 6.07) is 20.0. The molecule has 4 aromatic rings. The number of ether oxygens (including phenoxy) is 3. The van der Waals surface area contributed by atoms with Crippen LogP contribution in [0.4, 0.5) is 0 Å². The van der Waals surface area contributed by atoms with E-state index in [0.717, 1.165) is 86.1 Å². The SMILES string of the molecule is COC(=O)c1ccc2nc(CN3CCc4ccc(OCCc5ccc(Cl)cc5)cc4CC3)n(CC3CCO3)c2c1. The van der Waals surface area contributed by atoms with Crippen LogP contribution in [0.5, 0.6) is 5.75 Å². The number of benzene rings is 3. The van der Waals surface area contributed by atoms with Crippen molar-refractivity contribution in [3.63, 3.8) is 0 Å². The molecule has 8 heteroatoms. The second-order valence-electron chi connectivity index (χ2n) is 10.5. The third kappa shape index (κ3) is 6.02. The van der Waals surface area contributed by atoms with E-state index in [0.29, 0.717) is 12.2 Å². The molecule has 1 unspecified atom stereocenters. The number of carbonyl (C=O) groups is 1. The normalized spacial score (nSPS) is 17.2. The van der Waals surface area contributed by atoms with Crippen LogP contribution in [-0.4, -0.2) is 59.9 Å². The molecule has 0 amide bonds. The van der Waals surface area contributed by atoms with Gasteiger partial charge in [-0.2, -0.15) is 0 Å². The van der Waals surface area contributed by atoms with Crippen LogP contribution in [0.3, 0.4) is 0 Å². The van der Waals surface area contributed by atoms with Gasteiger partial charge in [0, 0.05) is 31.1 Å². The van der Waals surface area contributed by atoms with E-state index in [9.17, 15) is 4.79 Å². The molecule has 3 heterocycles. The standard InChI is InChI=1S/C32H34ClN3O4/c1-38-32(37)25-5-9-29-30(19-25)36(20-28-13-17-40-28)31(34-29)21-35-14-10-23-4-8-27(18-24(23)11-15-35)39-16-12-22-2-6-26(33)7-3-22/h2-9,18-19,28H,10-17,20-21H2,1H3. The lowest BCUT2D eigenvalue weighted by molar-refractivity contribution is -0.0592. The predicted octanol–water partition coefficient (Wildman–Crippen LogP) is 5.49. The van der Waals surface area contributed by atoms with Gasteiger partial charge < -0.3 is 18.8 Å². The fourth-order valence-corrected chi connectivity index (χ4v) is 5.63. The van der Waals surface area contributed by atoms with Crippen LogP contribution in [0.25, 0.3) is 11.0 Å². The Morgan fingerprint density at radius 3 is 2.60 bits per heavy atom. The van der Waals surface area contributed by atoms with Gasteiger partial charge >= 0.3 is 5.97 Å². The number of hydrogen-bond acceptors (Lipinski definition) is 6. The molecule has 40 heavy (non-hydrogen) atoms. The second-order valence-corrected chi connectivity index (χ2v) is 11.0. The van der Waals surface area contributed by atoms with E-state index < -0.39 is 0 Å². The second kappa shape index (κ2) is 12.0. The number of fused-ring (bicyclic) bond motifs is 2. The molecular weight excluding hydrogens is 526 g/mol. The summed E-state index contributed by atoms with van der Waals surface area (Å²) in [4.78, 5) is 19.6. The number of rotatable bonds is 9. The average Bonchev–Trinajstić information content (AvgIpc) is 3.15. The van der Waals surface area contributed by atoms with Gasteiger partial charge in [-0.3, -0.25) is 4.90 Å². The van der Waals surface area contributed by atoms with Gasteiger partial charge in [0.15, 0.2) is 0 Å². The lowest BCUT2D eigenvalue weighted by Crippen LogP contribution is -2.33. The first kappa shape index (κ1) is 26.8. The van der Waals surface area contributed by atoms with E-state index in [1.807, 2.05) is 36.4 Å². The number of esters is 1. The van der Waals surface area contributed by atoms with Gasteiger partial charge in [-0.15, -0.1) is 0 Å². The minimum Gasteiger partial charge on any atom is -0.493 e. The Balaban J connectivity index is 1.13. The maximum Gasteiger partial charge on any atom is 0.337 e. The zero-order valence-corrected chi connectivity index (χ0v) is 23.5. The van der Waals surface area contributed by atoms with E-state index >= 15 is 0 Å². The number of methoxy groups -OCH3 is 1. The predicted molar refractivity (Wildman–Crippen MR) is 155 cm³/mol. The third-order valence-corrected chi connectivity index (χ3v) is 8.19. The van der Waals surface area contributed by atoms with E-state index in [4.69, 9.17) is 30.8 Å². The minimum atomic E-state index is -0.338. The molecule has 2 aliphatic heterocycles. The molecule has 3 aromatic carbocycles. The van der Waals surface area contributed by atoms with Gasteiger partial charge in [-0.1, -0.05) is 29.8 Å². The van der Waals surface area contributed by atoms with Crippen LogP contribution in [0.1, 0.15) is 39.3 Å². The molecule has 0 bridgehead atoms. The van der Waals surface area contributed by atoms with Gasteiger partial charge in [0.25, 0.3) is 0 Å². The molecule has 1 aromatic heterocycles. The molecule has 0 saturated carbocycles. The Kier molecular flexibility index (Phi) is 8.05. The summed E-state index contributed by atoms with van der Waals surface area (Å²) < 4.78 is 19.0. The number of hydrogen-bond donors (Lipinski definition) is 0. The quantitative estimate of drug-likeness (QED) is 0.253. The molecule has 0 N–H and O–H groups in total. The average molecular weight is 560 g/mol. The first-order valence-corrected chi connectivity index (χ1v) is 14.3. The van der Waals surface area contributed by atoms with Crippen LogP contribution in [0.2, 0.25) is 5.02 Å². The number of aromatic nitrogens is 2. The van der Waals surface area contributed by atoms with E-state index in [-0.39, 0.29) is 12.1 Å². The Morgan fingerprint density at radius 1 is 1.05 bits per heavy atom. The van der Waals surface area contributed by atoms with Crippen molar-refractivity contribution >= 4 is 28.6 Å². The zero-order chi connectivity index (χ0) is 27.5. The Bertz CT molecular complexity index is 1500. The molecule has 1 atom stereocenters. The summed E-state index contributed by atoms with van der Waals surface area (Å²) in [6.07, 6.45) is 4.01. The fraction of sp³-hybridized carbons (Fsp3) is 0.375. The maximum atomic E-state index is 12.2. The number of imidazole rings is 1. The van der Waals surface area contributed by atoms with Crippen molar-refractivity contribution in [1.82, 2.24) is 14.5 Å². The van der Waals surface area contributed by atoms with Crippen LogP contribution in [-0.2, 0) is 41.8 Å². The van der Waals surface area contributed by atoms with E-state index in [1.165, 1.54) is 23.8 Å². The highest BCUT2D eigenvalue weighted by Crippen LogP contribution is 2.26. The fourth-order valence-electron chi connectivity index (χ4n) is 5.51. The highest BCUT2D eigenvalue weighted by Gasteiger charge is 2.24. The van der Waals surface area contributed by atoms with Crippen molar-refractivity contribution in [3.8, 4) is 5.75 Å². The van der Waals surface area contributed by atoms with Gasteiger partial charge in [-0.05, 0) is 78.4 Å². The topological polar surface area (TPSA) is 65.8 Å². The monoisotopic (exact) mass is 559 g/mol. The molecule has 1 saturated heterocycles. The first-order chi connectivity index (χ1) is 19.6. The summed E-state index contributed by atoms with van der Waals surface area (Å²) in [5.41, 5.74) is 6.32. The van der Waals surface area contributed by atoms with Crippen LogP contribution >= 0.6 is 11.6 Å². The van der Waals surface area contributed by atoms with Gasteiger partial charge in [0.1, 0.15) is 11.6 Å². The molecule has 7 nitrogen and oxygen atoms in total. The molecule has 6 rings (SSSR count). The van der Waals surface area contributed by atoms with Crippen LogP contribution in [0, 0.1) is 0 Å². The highest BCUT2D eigenvalue weighted by molar-refractivity contribution is 6.30. The summed E-state index contributed by atoms with van der Waals surface area (Å²) in [7, 11) is 1.41. The smallest absolute Gasteiger partial charge is 0.337 e. The summed E-state index contributed by atoms with van der Waals surface area (Å²) >= 11 is 5.99. The summed E-state index contributed by atoms with van der Waals surface area (Å²) in [5.74, 6) is 1.59. The molecular formula is C32H34ClN3O4. The summed E-state index contributed by atoms with van der Waals surface area (Å²) in [5, 5.41) is 0.752. The first-order valence-electron chi connectivity index (χ1n) is 14.0. The molecule has 208 valence electrons. The van der Waals surface area contributed by atoms with Crippen molar-refractivity contribution in [1.29, 1.82) is 0 Å². The van der Waals surface area contributed by atoms with Crippen molar-refractivity contribution in [2.45, 2.75) is 44.9 Å². The lowest BCUT2D eigenvalue weighted by atomic mass is 10.0. The largest absolute Gasteiger partial charge is 0.493 e. The zero-order valence-electron chi connectivity index (χ0n) is 22.8. The number of carbonyl (C=O) groups excluding carboxylic acids is 1. The molecule has 2 aliphatic rings. The van der Waals surface area contributed by atoms with Crippen molar-refractivity contribution in [2.75, 3.05) is 33.4 Å². The molecule has 0 radical (unpaired) electrons.